The van der Waals surface area contributed by atoms with Crippen molar-refractivity contribution in [2.45, 2.75) is 0 Å². The van der Waals surface area contributed by atoms with Crippen LogP contribution in [0.3, 0.4) is 0 Å². The largest absolute Gasteiger partial charge is 0.102 e. The van der Waals surface area contributed by atoms with E-state index in [0.717, 1.165) is 0 Å². The molecule has 0 heterocycles. The smallest absolute Gasteiger partial charge is 0.0620 e. The third kappa shape index (κ3) is 6.89. The molecule has 3 rings (SSSR count). The molecular weight excluding hydrogens is 531 g/mol. The Labute approximate surface area is 172 Å². The van der Waals surface area contributed by atoms with E-state index in [1.54, 1.807) is 0 Å². The van der Waals surface area contributed by atoms with Gasteiger partial charge in [0, 0.05) is 19.5 Å². The first-order chi connectivity index (χ1) is 10.9. The molecular formula is C18H16Br2NiPZn+. The van der Waals surface area contributed by atoms with E-state index >= 15 is 0 Å². The van der Waals surface area contributed by atoms with Crippen molar-refractivity contribution < 1.29 is 30.4 Å². The minimum Gasteiger partial charge on any atom is -0.0620 e. The van der Waals surface area contributed by atoms with Gasteiger partial charge in [0.2, 0.25) is 0 Å². The first-order valence-electron chi connectivity index (χ1n) is 6.72. The van der Waals surface area contributed by atoms with E-state index in [9.17, 15) is 0 Å². The van der Waals surface area contributed by atoms with Crippen molar-refractivity contribution in [3.63, 3.8) is 0 Å². The zero-order valence-corrected chi connectivity index (χ0v) is 20.6. The second-order valence-corrected chi connectivity index (χ2v) is 12.0. The van der Waals surface area contributed by atoms with Gasteiger partial charge in [-0.05, 0) is 36.4 Å². The van der Waals surface area contributed by atoms with Crippen molar-refractivity contribution in [3.05, 3.63) is 91.0 Å². The van der Waals surface area contributed by atoms with E-state index in [2.05, 4.69) is 119 Å². The molecule has 0 aromatic heterocycles. The molecule has 0 saturated heterocycles. The van der Waals surface area contributed by atoms with Crippen LogP contribution in [0.2, 0.25) is 0 Å². The normalized spacial score (nSPS) is 9.70. The van der Waals surface area contributed by atoms with Gasteiger partial charge in [-0.3, -0.25) is 0 Å². The van der Waals surface area contributed by atoms with Gasteiger partial charge in [-0.1, -0.05) is 54.6 Å². The summed E-state index contributed by atoms with van der Waals surface area (Å²) in [7, 11) is 0.373. The van der Waals surface area contributed by atoms with Gasteiger partial charge >= 0.3 is 39.3 Å². The second-order valence-electron chi connectivity index (χ2n) is 4.52. The summed E-state index contributed by atoms with van der Waals surface area (Å²) < 4.78 is 0. The maximum Gasteiger partial charge on any atom is 0.102 e. The van der Waals surface area contributed by atoms with Crippen molar-refractivity contribution in [3.8, 4) is 0 Å². The van der Waals surface area contributed by atoms with Crippen molar-refractivity contribution in [1.82, 2.24) is 0 Å². The number of hydrogen-bond acceptors (Lipinski definition) is 0. The maximum atomic E-state index is 3.00. The van der Waals surface area contributed by atoms with E-state index in [4.69, 9.17) is 0 Å². The fourth-order valence-electron chi connectivity index (χ4n) is 2.31. The average Bonchev–Trinajstić information content (AvgIpc) is 2.59. The number of halogens is 2. The summed E-state index contributed by atoms with van der Waals surface area (Å²) in [5, 5.41) is 4.31. The first-order valence-corrected chi connectivity index (χ1v) is 13.1. The van der Waals surface area contributed by atoms with Gasteiger partial charge in [-0.2, -0.15) is 0 Å². The molecule has 0 radical (unpaired) electrons. The summed E-state index contributed by atoms with van der Waals surface area (Å²) in [5.74, 6) is 0. The zero-order valence-electron chi connectivity index (χ0n) is 12.4. The Bertz CT molecular complexity index is 560. The quantitative estimate of drug-likeness (QED) is 0.325. The van der Waals surface area contributed by atoms with Gasteiger partial charge in [0.05, 0.1) is 7.92 Å². The van der Waals surface area contributed by atoms with Gasteiger partial charge in [0.25, 0.3) is 0 Å². The van der Waals surface area contributed by atoms with Crippen LogP contribution < -0.4 is 15.9 Å². The summed E-state index contributed by atoms with van der Waals surface area (Å²) in [6.45, 7) is 0. The summed E-state index contributed by atoms with van der Waals surface area (Å²) >= 11 is 6.00. The van der Waals surface area contributed by atoms with Gasteiger partial charge in [-0.25, -0.2) is 0 Å². The van der Waals surface area contributed by atoms with Crippen molar-refractivity contribution >= 4 is 52.3 Å². The minimum absolute atomic E-state index is 0. The van der Waals surface area contributed by atoms with Crippen molar-refractivity contribution in [2.24, 2.45) is 0 Å². The molecule has 0 unspecified atom stereocenters. The number of hydrogen-bond donors (Lipinski definition) is 0. The van der Waals surface area contributed by atoms with Crippen LogP contribution >= 0.6 is 36.4 Å². The van der Waals surface area contributed by atoms with E-state index in [1.807, 2.05) is 0 Å². The van der Waals surface area contributed by atoms with E-state index in [-0.39, 0.29) is 19.5 Å². The van der Waals surface area contributed by atoms with Crippen molar-refractivity contribution in [1.29, 1.82) is 0 Å². The van der Waals surface area contributed by atoms with Crippen LogP contribution in [0, 0.1) is 0 Å². The summed E-state index contributed by atoms with van der Waals surface area (Å²) in [6, 6.07) is 32.5. The van der Waals surface area contributed by atoms with Crippen LogP contribution in [0.25, 0.3) is 0 Å². The van der Waals surface area contributed by atoms with Gasteiger partial charge in [0.1, 0.15) is 15.9 Å². The Hall–Kier alpha value is 0.167. The van der Waals surface area contributed by atoms with Gasteiger partial charge < -0.3 is 0 Å². The minimum atomic E-state index is -0.877. The van der Waals surface area contributed by atoms with Crippen LogP contribution in [0.15, 0.2) is 91.0 Å². The molecule has 3 aromatic carbocycles. The Morgan fingerprint density at radius 1 is 0.522 bits per heavy atom. The third-order valence-corrected chi connectivity index (χ3v) is 5.92. The van der Waals surface area contributed by atoms with Crippen molar-refractivity contribution in [2.75, 3.05) is 0 Å². The molecule has 0 N–H and O–H groups in total. The van der Waals surface area contributed by atoms with E-state index in [0.29, 0.717) is 0 Å². The predicted molar refractivity (Wildman–Crippen MR) is 104 cm³/mol. The molecule has 23 heavy (non-hydrogen) atoms. The molecule has 0 amide bonds. The Morgan fingerprint density at radius 2 is 0.739 bits per heavy atom. The van der Waals surface area contributed by atoms with E-state index in [1.165, 1.54) is 26.8 Å². The molecule has 3 aromatic rings. The van der Waals surface area contributed by atoms with E-state index < -0.39 is 7.92 Å². The standard InChI is InChI=1S/C18H15P.2BrH.Ni.Zn/c1-4-10-16(11-5-1)19(17-12-6-2-7-13-17)18-14-8-3-9-15-18;;;;/h1-15H;2*1H;;/q;;;+2;/p-1. The molecule has 0 saturated carbocycles. The molecule has 0 nitrogen and oxygen atoms in total. The van der Waals surface area contributed by atoms with Crippen LogP contribution in [-0.4, -0.2) is 0 Å². The molecule has 0 fully saturated rings. The Morgan fingerprint density at radius 3 is 0.957 bits per heavy atom. The van der Waals surface area contributed by atoms with Crippen LogP contribution in [0.4, 0.5) is 0 Å². The molecule has 0 aliphatic carbocycles. The number of benzene rings is 3. The van der Waals surface area contributed by atoms with Gasteiger partial charge in [0.15, 0.2) is 0 Å². The summed E-state index contributed by atoms with van der Waals surface area (Å²) in [4.78, 5) is 0. The topological polar surface area (TPSA) is 0 Å². The Balaban J connectivity index is 0.000000615. The molecule has 5 heteroatoms. The monoisotopic (exact) mass is 543 g/mol. The van der Waals surface area contributed by atoms with Crippen LogP contribution in [-0.2, 0) is 30.4 Å². The zero-order chi connectivity index (χ0) is 15.6. The predicted octanol–water partition coefficient (Wildman–Crippen LogP) is 4.86. The third-order valence-electron chi connectivity index (χ3n) is 3.19. The second kappa shape index (κ2) is 12.5. The molecule has 118 valence electrons. The maximum absolute atomic E-state index is 3.00. The summed E-state index contributed by atoms with van der Waals surface area (Å²) in [5.41, 5.74) is 0. The van der Waals surface area contributed by atoms with Crippen LogP contribution in [0.5, 0.6) is 0 Å². The molecule has 0 aliphatic rings. The first kappa shape index (κ1) is 21.2. The van der Waals surface area contributed by atoms with Gasteiger partial charge in [-0.15, -0.1) is 0 Å². The SMILES string of the molecule is [Br][Ni][Br].[Zn].c1ccc([PH+](c2ccccc2)c2ccccc2)cc1. The Kier molecular flexibility index (Phi) is 11.5. The van der Waals surface area contributed by atoms with Crippen LogP contribution in [0.1, 0.15) is 0 Å². The average molecular weight is 547 g/mol. The molecule has 0 spiro atoms. The summed E-state index contributed by atoms with van der Waals surface area (Å²) in [6.07, 6.45) is 0. The number of rotatable bonds is 3. The fraction of sp³-hybridized carbons (Fsp3) is 0. The molecule has 0 aliphatic heterocycles. The molecule has 0 bridgehead atoms. The fourth-order valence-corrected chi connectivity index (χ4v) is 4.89. The molecule has 0 atom stereocenters.